The van der Waals surface area contributed by atoms with E-state index in [9.17, 15) is 9.90 Å². The van der Waals surface area contributed by atoms with Crippen molar-refractivity contribution in [2.45, 2.75) is 12.8 Å². The molecule has 1 aromatic heterocycles. The van der Waals surface area contributed by atoms with E-state index in [1.54, 1.807) is 12.1 Å². The molecule has 17 heavy (non-hydrogen) atoms. The molecule has 0 fully saturated rings. The molecule has 4 heteroatoms. The Balaban J connectivity index is 2.11. The zero-order chi connectivity index (χ0) is 12.3. The van der Waals surface area contributed by atoms with E-state index >= 15 is 0 Å². The van der Waals surface area contributed by atoms with Crippen LogP contribution in [0.15, 0.2) is 36.4 Å². The lowest BCUT2D eigenvalue weighted by molar-refractivity contribution is -0.255. The van der Waals surface area contributed by atoms with Crippen LogP contribution in [-0.2, 0) is 12.8 Å². The van der Waals surface area contributed by atoms with Gasteiger partial charge in [-0.1, -0.05) is 35.9 Å². The number of hydrogen-bond acceptors (Lipinski definition) is 3. The van der Waals surface area contributed by atoms with Gasteiger partial charge in [0, 0.05) is 10.4 Å². The molecule has 0 aliphatic rings. The summed E-state index contributed by atoms with van der Waals surface area (Å²) in [6.07, 6.45) is 1.47. The normalized spacial score (nSPS) is 10.4. The number of thiophene rings is 1. The molecule has 2 nitrogen and oxygen atoms in total. The fourth-order valence-electron chi connectivity index (χ4n) is 1.68. The Morgan fingerprint density at radius 2 is 1.94 bits per heavy atom. The van der Waals surface area contributed by atoms with Gasteiger partial charge in [0.15, 0.2) is 0 Å². The standard InChI is InChI=1S/C13H11ClO2S/c14-12-8-7-10(17-12)6-5-9-3-1-2-4-11(9)13(15)16/h1-4,7-8H,5-6H2,(H,15,16)/p-1. The van der Waals surface area contributed by atoms with E-state index in [4.69, 9.17) is 11.6 Å². The van der Waals surface area contributed by atoms with Gasteiger partial charge < -0.3 is 9.90 Å². The fourth-order valence-corrected chi connectivity index (χ4v) is 2.77. The van der Waals surface area contributed by atoms with Gasteiger partial charge in [-0.2, -0.15) is 0 Å². The molecule has 88 valence electrons. The number of rotatable bonds is 4. The van der Waals surface area contributed by atoms with Gasteiger partial charge in [0.25, 0.3) is 0 Å². The van der Waals surface area contributed by atoms with Crippen LogP contribution < -0.4 is 5.11 Å². The summed E-state index contributed by atoms with van der Waals surface area (Å²) < 4.78 is 0.758. The van der Waals surface area contributed by atoms with Crippen molar-refractivity contribution in [3.63, 3.8) is 0 Å². The molecule has 0 spiro atoms. The minimum absolute atomic E-state index is 0.273. The van der Waals surface area contributed by atoms with Crippen molar-refractivity contribution >= 4 is 28.9 Å². The number of carbonyl (C=O) groups excluding carboxylic acids is 1. The Morgan fingerprint density at radius 3 is 2.59 bits per heavy atom. The average Bonchev–Trinajstić information content (AvgIpc) is 2.73. The van der Waals surface area contributed by atoms with Gasteiger partial charge >= 0.3 is 0 Å². The van der Waals surface area contributed by atoms with Crippen molar-refractivity contribution in [2.24, 2.45) is 0 Å². The minimum atomic E-state index is -1.12. The molecule has 2 rings (SSSR count). The van der Waals surface area contributed by atoms with Gasteiger partial charge in [-0.25, -0.2) is 0 Å². The maximum Gasteiger partial charge on any atom is 0.0931 e. The van der Waals surface area contributed by atoms with Gasteiger partial charge in [-0.15, -0.1) is 11.3 Å². The van der Waals surface area contributed by atoms with Gasteiger partial charge in [0.2, 0.25) is 0 Å². The first-order valence-corrected chi connectivity index (χ1v) is 6.40. The molecule has 0 atom stereocenters. The second-order valence-corrected chi connectivity index (χ2v) is 5.45. The highest BCUT2D eigenvalue weighted by Crippen LogP contribution is 2.23. The zero-order valence-electron chi connectivity index (χ0n) is 8.98. The maximum absolute atomic E-state index is 10.9. The van der Waals surface area contributed by atoms with E-state index in [0.29, 0.717) is 6.42 Å². The largest absolute Gasteiger partial charge is 0.545 e. The van der Waals surface area contributed by atoms with Crippen molar-refractivity contribution in [1.29, 1.82) is 0 Å². The number of carboxylic acid groups (broad SMARTS) is 1. The lowest BCUT2D eigenvalue weighted by Crippen LogP contribution is -2.23. The van der Waals surface area contributed by atoms with E-state index < -0.39 is 5.97 Å². The molecule has 0 saturated carbocycles. The van der Waals surface area contributed by atoms with Crippen molar-refractivity contribution in [3.8, 4) is 0 Å². The third-order valence-corrected chi connectivity index (χ3v) is 3.80. The van der Waals surface area contributed by atoms with Crippen LogP contribution in [-0.4, -0.2) is 5.97 Å². The Labute approximate surface area is 108 Å². The van der Waals surface area contributed by atoms with E-state index in [-0.39, 0.29) is 5.56 Å². The molecule has 0 unspecified atom stereocenters. The first-order valence-electron chi connectivity index (χ1n) is 5.20. The van der Waals surface area contributed by atoms with E-state index in [1.807, 2.05) is 24.3 Å². The van der Waals surface area contributed by atoms with Crippen LogP contribution in [0, 0.1) is 0 Å². The monoisotopic (exact) mass is 265 g/mol. The van der Waals surface area contributed by atoms with E-state index in [1.165, 1.54) is 11.3 Å². The third kappa shape index (κ3) is 3.08. The number of halogens is 1. The molecule has 0 aliphatic carbocycles. The summed E-state index contributed by atoms with van der Waals surface area (Å²) >= 11 is 7.36. The molecule has 0 N–H and O–H groups in total. The summed E-state index contributed by atoms with van der Waals surface area (Å²) in [6, 6.07) is 10.8. The fraction of sp³-hybridized carbons (Fsp3) is 0.154. The molecule has 0 saturated heterocycles. The first kappa shape index (κ1) is 12.1. The van der Waals surface area contributed by atoms with Gasteiger partial charge in [-0.05, 0) is 30.5 Å². The van der Waals surface area contributed by atoms with Crippen molar-refractivity contribution in [3.05, 3.63) is 56.7 Å². The van der Waals surface area contributed by atoms with Crippen molar-refractivity contribution in [2.75, 3.05) is 0 Å². The number of carbonyl (C=O) groups is 1. The van der Waals surface area contributed by atoms with Gasteiger partial charge in [0.1, 0.15) is 0 Å². The van der Waals surface area contributed by atoms with E-state index in [2.05, 4.69) is 0 Å². The van der Waals surface area contributed by atoms with Crippen LogP contribution in [0.2, 0.25) is 4.34 Å². The summed E-state index contributed by atoms with van der Waals surface area (Å²) in [5.41, 5.74) is 1.08. The lowest BCUT2D eigenvalue weighted by atomic mass is 10.0. The molecule has 1 aromatic carbocycles. The molecule has 2 aromatic rings. The Hall–Kier alpha value is -1.32. The smallest absolute Gasteiger partial charge is 0.0931 e. The van der Waals surface area contributed by atoms with Crippen LogP contribution in [0.5, 0.6) is 0 Å². The average molecular weight is 266 g/mol. The SMILES string of the molecule is O=C([O-])c1ccccc1CCc1ccc(Cl)s1. The van der Waals surface area contributed by atoms with Crippen LogP contribution in [0.25, 0.3) is 0 Å². The molecule has 1 heterocycles. The number of carboxylic acids is 1. The predicted molar refractivity (Wildman–Crippen MR) is 67.5 cm³/mol. The molecule has 0 amide bonds. The van der Waals surface area contributed by atoms with Crippen molar-refractivity contribution in [1.82, 2.24) is 0 Å². The summed E-state index contributed by atoms with van der Waals surface area (Å²) in [5, 5.41) is 10.9. The molecular formula is C13H10ClO2S-. The molecule has 0 bridgehead atoms. The predicted octanol–water partition coefficient (Wildman–Crippen LogP) is 2.55. The number of benzene rings is 1. The number of aryl methyl sites for hydroxylation is 2. The summed E-state index contributed by atoms with van der Waals surface area (Å²) in [7, 11) is 0. The second-order valence-electron chi connectivity index (χ2n) is 3.65. The van der Waals surface area contributed by atoms with Crippen LogP contribution >= 0.6 is 22.9 Å². The summed E-state index contributed by atoms with van der Waals surface area (Å²) in [6.45, 7) is 0. The topological polar surface area (TPSA) is 40.1 Å². The summed E-state index contributed by atoms with van der Waals surface area (Å²) in [4.78, 5) is 12.1. The van der Waals surface area contributed by atoms with Crippen LogP contribution in [0.4, 0.5) is 0 Å². The minimum Gasteiger partial charge on any atom is -0.545 e. The quantitative estimate of drug-likeness (QED) is 0.852. The molecule has 0 aliphatic heterocycles. The van der Waals surface area contributed by atoms with Gasteiger partial charge in [0.05, 0.1) is 10.3 Å². The van der Waals surface area contributed by atoms with Gasteiger partial charge in [-0.3, -0.25) is 0 Å². The number of aromatic carboxylic acids is 1. The molecular weight excluding hydrogens is 256 g/mol. The lowest BCUT2D eigenvalue weighted by Gasteiger charge is -2.09. The Bertz CT molecular complexity index is 534. The second kappa shape index (κ2) is 5.34. The Kier molecular flexibility index (Phi) is 3.82. The number of hydrogen-bond donors (Lipinski definition) is 0. The summed E-state index contributed by atoms with van der Waals surface area (Å²) in [5.74, 6) is -1.12. The first-order chi connectivity index (χ1) is 8.16. The zero-order valence-corrected chi connectivity index (χ0v) is 10.6. The highest BCUT2D eigenvalue weighted by atomic mass is 35.5. The highest BCUT2D eigenvalue weighted by Gasteiger charge is 2.04. The highest BCUT2D eigenvalue weighted by molar-refractivity contribution is 7.16. The van der Waals surface area contributed by atoms with E-state index in [0.717, 1.165) is 21.2 Å². The molecule has 0 radical (unpaired) electrons. The van der Waals surface area contributed by atoms with Crippen LogP contribution in [0.1, 0.15) is 20.8 Å². The van der Waals surface area contributed by atoms with Crippen LogP contribution in [0.3, 0.4) is 0 Å². The van der Waals surface area contributed by atoms with Crippen molar-refractivity contribution < 1.29 is 9.90 Å². The Morgan fingerprint density at radius 1 is 1.18 bits per heavy atom. The third-order valence-electron chi connectivity index (χ3n) is 2.51. The maximum atomic E-state index is 10.9.